The maximum atomic E-state index is 13.6. The molecule has 1 aliphatic heterocycles. The van der Waals surface area contributed by atoms with Crippen molar-refractivity contribution in [3.63, 3.8) is 0 Å². The summed E-state index contributed by atoms with van der Waals surface area (Å²) in [5.41, 5.74) is 1.37. The van der Waals surface area contributed by atoms with Gasteiger partial charge in [-0.3, -0.25) is 4.79 Å². The number of carbonyl (C=O) groups excluding carboxylic acids is 1. The summed E-state index contributed by atoms with van der Waals surface area (Å²) in [7, 11) is 0. The molecule has 2 aromatic rings. The zero-order chi connectivity index (χ0) is 17.7. The van der Waals surface area contributed by atoms with Crippen LogP contribution in [0.3, 0.4) is 0 Å². The Balaban J connectivity index is 1.89. The lowest BCUT2D eigenvalue weighted by atomic mass is 9.75. The van der Waals surface area contributed by atoms with Crippen molar-refractivity contribution in [1.29, 1.82) is 0 Å². The minimum atomic E-state index is -0.684. The summed E-state index contributed by atoms with van der Waals surface area (Å²) in [6.45, 7) is 6.27. The average molecular weight is 339 g/mol. The number of nitrogens with one attached hydrogen (secondary N) is 1. The predicted molar refractivity (Wildman–Crippen MR) is 98.6 cm³/mol. The Bertz CT molecular complexity index is 640. The number of nitrogens with zero attached hydrogens (tertiary/aromatic N) is 1. The summed E-state index contributed by atoms with van der Waals surface area (Å²) in [6.07, 6.45) is 0. The van der Waals surface area contributed by atoms with Gasteiger partial charge in [0.15, 0.2) is 0 Å². The summed E-state index contributed by atoms with van der Waals surface area (Å²) in [5, 5.41) is 9.12. The maximum Gasteiger partial charge on any atom is 0.237 e. The van der Waals surface area contributed by atoms with Crippen LogP contribution in [0, 0.1) is 0 Å². The lowest BCUT2D eigenvalue weighted by Crippen LogP contribution is -3.15. The second kappa shape index (κ2) is 7.81. The fourth-order valence-corrected chi connectivity index (χ4v) is 3.71. The molecule has 2 N–H and O–H groups in total. The number of hydrogen-bond donors (Lipinski definition) is 2. The zero-order valence-corrected chi connectivity index (χ0v) is 14.8. The fourth-order valence-electron chi connectivity index (χ4n) is 3.71. The van der Waals surface area contributed by atoms with E-state index >= 15 is 0 Å². The van der Waals surface area contributed by atoms with Gasteiger partial charge < -0.3 is 14.9 Å². The number of rotatable bonds is 5. The lowest BCUT2D eigenvalue weighted by molar-refractivity contribution is -0.904. The molecule has 0 aromatic heterocycles. The summed E-state index contributed by atoms with van der Waals surface area (Å²) in [4.78, 5) is 16.9. The van der Waals surface area contributed by atoms with Crippen LogP contribution in [0.4, 0.5) is 0 Å². The number of amides is 1. The van der Waals surface area contributed by atoms with Crippen molar-refractivity contribution in [1.82, 2.24) is 4.90 Å². The van der Waals surface area contributed by atoms with Crippen molar-refractivity contribution < 1.29 is 14.8 Å². The highest BCUT2D eigenvalue weighted by molar-refractivity contribution is 5.91. The molecule has 0 saturated carbocycles. The topological polar surface area (TPSA) is 45.0 Å². The quantitative estimate of drug-likeness (QED) is 0.843. The minimum Gasteiger partial charge on any atom is -0.391 e. The number of quaternary nitrogens is 1. The van der Waals surface area contributed by atoms with Crippen LogP contribution < -0.4 is 4.90 Å². The summed E-state index contributed by atoms with van der Waals surface area (Å²) >= 11 is 0. The Morgan fingerprint density at radius 2 is 1.48 bits per heavy atom. The average Bonchev–Trinajstić information content (AvgIpc) is 2.69. The van der Waals surface area contributed by atoms with Crippen LogP contribution in [0.25, 0.3) is 0 Å². The summed E-state index contributed by atoms with van der Waals surface area (Å²) < 4.78 is 0. The van der Waals surface area contributed by atoms with E-state index in [0.29, 0.717) is 0 Å². The van der Waals surface area contributed by atoms with E-state index in [1.807, 2.05) is 72.5 Å². The highest BCUT2D eigenvalue weighted by Gasteiger charge is 2.41. The Kier molecular flexibility index (Phi) is 5.51. The molecule has 0 bridgehead atoms. The number of aliphatic hydroxyl groups is 1. The molecular formula is C21H27N2O2+. The molecule has 0 aliphatic carbocycles. The monoisotopic (exact) mass is 339 g/mol. The highest BCUT2D eigenvalue weighted by Crippen LogP contribution is 2.34. The van der Waals surface area contributed by atoms with E-state index in [4.69, 9.17) is 5.11 Å². The van der Waals surface area contributed by atoms with Crippen LogP contribution in [0.1, 0.15) is 18.1 Å². The molecule has 132 valence electrons. The van der Waals surface area contributed by atoms with Crippen LogP contribution >= 0.6 is 0 Å². The van der Waals surface area contributed by atoms with Gasteiger partial charge in [-0.2, -0.15) is 0 Å². The van der Waals surface area contributed by atoms with Gasteiger partial charge in [0.2, 0.25) is 5.91 Å². The SMILES string of the molecule is CC(C(=O)N1CC[NH+](CCO)CC1)(c1ccccc1)c1ccccc1. The van der Waals surface area contributed by atoms with Crippen LogP contribution in [-0.2, 0) is 10.2 Å². The molecule has 0 spiro atoms. The number of carbonyl (C=O) groups is 1. The zero-order valence-electron chi connectivity index (χ0n) is 14.8. The third-order valence-corrected chi connectivity index (χ3v) is 5.35. The molecule has 2 aromatic carbocycles. The van der Waals surface area contributed by atoms with Gasteiger partial charge >= 0.3 is 0 Å². The van der Waals surface area contributed by atoms with E-state index in [2.05, 4.69) is 0 Å². The van der Waals surface area contributed by atoms with E-state index in [9.17, 15) is 4.79 Å². The molecule has 4 nitrogen and oxygen atoms in total. The van der Waals surface area contributed by atoms with Gasteiger partial charge in [0.25, 0.3) is 0 Å². The first-order valence-electron chi connectivity index (χ1n) is 9.01. The van der Waals surface area contributed by atoms with Crippen molar-refractivity contribution in [3.8, 4) is 0 Å². The highest BCUT2D eigenvalue weighted by atomic mass is 16.3. The fraction of sp³-hybridized carbons (Fsp3) is 0.381. The number of hydrogen-bond acceptors (Lipinski definition) is 2. The molecule has 0 atom stereocenters. The summed E-state index contributed by atoms with van der Waals surface area (Å²) in [5.74, 6) is 0.160. The Morgan fingerprint density at radius 1 is 1.00 bits per heavy atom. The van der Waals surface area contributed by atoms with Gasteiger partial charge in [0.1, 0.15) is 6.54 Å². The van der Waals surface area contributed by atoms with E-state index < -0.39 is 5.41 Å². The Hall–Kier alpha value is -2.17. The van der Waals surface area contributed by atoms with E-state index in [-0.39, 0.29) is 12.5 Å². The molecule has 3 rings (SSSR count). The molecule has 25 heavy (non-hydrogen) atoms. The number of piperazine rings is 1. The second-order valence-corrected chi connectivity index (χ2v) is 6.87. The van der Waals surface area contributed by atoms with Crippen molar-refractivity contribution >= 4 is 5.91 Å². The third-order valence-electron chi connectivity index (χ3n) is 5.35. The van der Waals surface area contributed by atoms with E-state index in [1.165, 1.54) is 4.90 Å². The molecule has 0 unspecified atom stereocenters. The normalized spacial score (nSPS) is 16.0. The number of benzene rings is 2. The maximum absolute atomic E-state index is 13.6. The first kappa shape index (κ1) is 17.6. The van der Waals surface area contributed by atoms with Crippen LogP contribution in [0.2, 0.25) is 0 Å². The van der Waals surface area contributed by atoms with E-state index in [1.54, 1.807) is 0 Å². The largest absolute Gasteiger partial charge is 0.391 e. The second-order valence-electron chi connectivity index (χ2n) is 6.87. The van der Waals surface area contributed by atoms with Gasteiger partial charge in [-0.25, -0.2) is 0 Å². The van der Waals surface area contributed by atoms with Crippen molar-refractivity contribution in [2.45, 2.75) is 12.3 Å². The van der Waals surface area contributed by atoms with Crippen LogP contribution in [0.5, 0.6) is 0 Å². The minimum absolute atomic E-state index is 0.160. The lowest BCUT2D eigenvalue weighted by Gasteiger charge is -2.38. The smallest absolute Gasteiger partial charge is 0.237 e. The van der Waals surface area contributed by atoms with Gasteiger partial charge in [-0.05, 0) is 18.1 Å². The van der Waals surface area contributed by atoms with Crippen molar-refractivity contribution in [3.05, 3.63) is 71.8 Å². The Labute approximate surface area is 149 Å². The van der Waals surface area contributed by atoms with Gasteiger partial charge in [0.05, 0.1) is 38.2 Å². The Morgan fingerprint density at radius 3 is 1.92 bits per heavy atom. The molecule has 0 radical (unpaired) electrons. The molecule has 1 saturated heterocycles. The molecular weight excluding hydrogens is 312 g/mol. The number of aliphatic hydroxyl groups excluding tert-OH is 1. The van der Waals surface area contributed by atoms with Crippen LogP contribution in [0.15, 0.2) is 60.7 Å². The van der Waals surface area contributed by atoms with E-state index in [0.717, 1.165) is 43.9 Å². The van der Waals surface area contributed by atoms with Gasteiger partial charge in [0, 0.05) is 0 Å². The van der Waals surface area contributed by atoms with Crippen LogP contribution in [-0.4, -0.2) is 55.2 Å². The first-order chi connectivity index (χ1) is 12.2. The standard InChI is InChI=1S/C21H26N2O2/c1-21(18-8-4-2-5-9-18,19-10-6-3-7-11-19)20(25)23-14-12-22(13-15-23)16-17-24/h2-11,24H,12-17H2,1H3/p+1. The predicted octanol–water partition coefficient (Wildman–Crippen LogP) is 0.712. The molecule has 4 heteroatoms. The van der Waals surface area contributed by atoms with Crippen molar-refractivity contribution in [2.75, 3.05) is 39.3 Å². The first-order valence-corrected chi connectivity index (χ1v) is 9.01. The summed E-state index contributed by atoms with van der Waals surface area (Å²) in [6, 6.07) is 20.1. The van der Waals surface area contributed by atoms with Crippen molar-refractivity contribution in [2.24, 2.45) is 0 Å². The molecule has 1 aliphatic rings. The van der Waals surface area contributed by atoms with Gasteiger partial charge in [-0.15, -0.1) is 0 Å². The molecule has 1 amide bonds. The molecule has 1 heterocycles. The molecule has 1 fully saturated rings. The van der Waals surface area contributed by atoms with Gasteiger partial charge in [-0.1, -0.05) is 60.7 Å². The third kappa shape index (κ3) is 3.60.